The molecule has 0 radical (unpaired) electrons. The van der Waals surface area contributed by atoms with Crippen LogP contribution in [-0.2, 0) is 13.5 Å². The molecule has 1 aromatic rings. The van der Waals surface area contributed by atoms with Crippen molar-refractivity contribution in [2.24, 2.45) is 18.2 Å². The summed E-state index contributed by atoms with van der Waals surface area (Å²) >= 11 is 0. The molecule has 0 amide bonds. The summed E-state index contributed by atoms with van der Waals surface area (Å²) in [5.41, 5.74) is 9.14. The van der Waals surface area contributed by atoms with Crippen molar-refractivity contribution in [3.05, 3.63) is 17.5 Å². The van der Waals surface area contributed by atoms with Crippen LogP contribution in [0.1, 0.15) is 56.8 Å². The molecule has 2 N–H and O–H groups in total. The van der Waals surface area contributed by atoms with Crippen molar-refractivity contribution >= 4 is 0 Å². The van der Waals surface area contributed by atoms with E-state index in [1.807, 2.05) is 11.7 Å². The van der Waals surface area contributed by atoms with Gasteiger partial charge in [0.05, 0.1) is 11.7 Å². The van der Waals surface area contributed by atoms with E-state index >= 15 is 0 Å². The molecule has 2 rings (SSSR count). The van der Waals surface area contributed by atoms with E-state index in [-0.39, 0.29) is 11.5 Å². The van der Waals surface area contributed by atoms with Gasteiger partial charge in [-0.1, -0.05) is 26.7 Å². The SMILES string of the molecule is CCc1cn(C)nc1[C@H](N)C1(C)CCCC1. The Morgan fingerprint density at radius 2 is 2.12 bits per heavy atom. The van der Waals surface area contributed by atoms with E-state index in [9.17, 15) is 0 Å². The minimum Gasteiger partial charge on any atom is -0.322 e. The van der Waals surface area contributed by atoms with Crippen molar-refractivity contribution in [2.75, 3.05) is 0 Å². The van der Waals surface area contributed by atoms with E-state index in [0.717, 1.165) is 12.1 Å². The number of hydrogen-bond acceptors (Lipinski definition) is 2. The van der Waals surface area contributed by atoms with Gasteiger partial charge < -0.3 is 5.73 Å². The lowest BCUT2D eigenvalue weighted by Crippen LogP contribution is -2.30. The molecule has 0 bridgehead atoms. The van der Waals surface area contributed by atoms with E-state index in [0.29, 0.717) is 0 Å². The third kappa shape index (κ3) is 1.88. The largest absolute Gasteiger partial charge is 0.322 e. The van der Waals surface area contributed by atoms with Crippen molar-refractivity contribution in [3.8, 4) is 0 Å². The number of aryl methyl sites for hydroxylation is 2. The number of rotatable bonds is 3. The zero-order valence-electron chi connectivity index (χ0n) is 10.7. The van der Waals surface area contributed by atoms with E-state index in [1.54, 1.807) is 0 Å². The molecular weight excluding hydrogens is 198 g/mol. The number of hydrogen-bond donors (Lipinski definition) is 1. The molecule has 1 saturated carbocycles. The van der Waals surface area contributed by atoms with E-state index in [1.165, 1.54) is 31.2 Å². The molecule has 1 heterocycles. The van der Waals surface area contributed by atoms with Gasteiger partial charge in [-0.05, 0) is 30.2 Å². The van der Waals surface area contributed by atoms with Crippen molar-refractivity contribution in [1.29, 1.82) is 0 Å². The average Bonchev–Trinajstić information content (AvgIpc) is 2.84. The number of nitrogens with two attached hydrogens (primary N) is 1. The fourth-order valence-electron chi connectivity index (χ4n) is 2.91. The van der Waals surface area contributed by atoms with Gasteiger partial charge in [0.15, 0.2) is 0 Å². The van der Waals surface area contributed by atoms with Gasteiger partial charge in [-0.15, -0.1) is 0 Å². The second-order valence-corrected chi connectivity index (χ2v) is 5.41. The molecule has 0 aliphatic heterocycles. The Kier molecular flexibility index (Phi) is 3.06. The summed E-state index contributed by atoms with van der Waals surface area (Å²) < 4.78 is 1.90. The summed E-state index contributed by atoms with van der Waals surface area (Å²) in [6.45, 7) is 4.49. The Morgan fingerprint density at radius 3 is 2.69 bits per heavy atom. The fourth-order valence-corrected chi connectivity index (χ4v) is 2.91. The summed E-state index contributed by atoms with van der Waals surface area (Å²) in [7, 11) is 1.98. The molecule has 1 aliphatic carbocycles. The maximum absolute atomic E-state index is 6.45. The first kappa shape index (κ1) is 11.6. The smallest absolute Gasteiger partial charge is 0.0829 e. The van der Waals surface area contributed by atoms with Crippen LogP contribution in [0.4, 0.5) is 0 Å². The minimum absolute atomic E-state index is 0.103. The van der Waals surface area contributed by atoms with Crippen LogP contribution in [0.15, 0.2) is 6.20 Å². The first-order valence-corrected chi connectivity index (χ1v) is 6.35. The lowest BCUT2D eigenvalue weighted by molar-refractivity contribution is 0.259. The van der Waals surface area contributed by atoms with Crippen molar-refractivity contribution in [2.45, 2.75) is 52.0 Å². The van der Waals surface area contributed by atoms with Crippen LogP contribution in [-0.4, -0.2) is 9.78 Å². The highest BCUT2D eigenvalue weighted by molar-refractivity contribution is 5.22. The zero-order valence-corrected chi connectivity index (χ0v) is 10.7. The third-order valence-electron chi connectivity index (χ3n) is 4.11. The Hall–Kier alpha value is -0.830. The number of nitrogens with zero attached hydrogens (tertiary/aromatic N) is 2. The molecular formula is C13H23N3. The minimum atomic E-state index is 0.103. The molecule has 0 unspecified atom stereocenters. The fraction of sp³-hybridized carbons (Fsp3) is 0.769. The average molecular weight is 221 g/mol. The van der Waals surface area contributed by atoms with Crippen LogP contribution >= 0.6 is 0 Å². The summed E-state index contributed by atoms with van der Waals surface area (Å²) in [5.74, 6) is 0. The summed E-state index contributed by atoms with van der Waals surface area (Å²) in [5, 5.41) is 4.56. The molecule has 0 spiro atoms. The van der Waals surface area contributed by atoms with Crippen LogP contribution < -0.4 is 5.73 Å². The second-order valence-electron chi connectivity index (χ2n) is 5.41. The monoisotopic (exact) mass is 221 g/mol. The molecule has 0 aromatic carbocycles. The summed E-state index contributed by atoms with van der Waals surface area (Å²) in [6, 6.07) is 0.103. The molecule has 3 nitrogen and oxygen atoms in total. The maximum Gasteiger partial charge on any atom is 0.0829 e. The van der Waals surface area contributed by atoms with Gasteiger partial charge in [0.2, 0.25) is 0 Å². The Bertz CT molecular complexity index is 361. The van der Waals surface area contributed by atoms with Crippen LogP contribution in [0.25, 0.3) is 0 Å². The zero-order chi connectivity index (χ0) is 11.8. The van der Waals surface area contributed by atoms with Gasteiger partial charge in [0, 0.05) is 13.2 Å². The first-order valence-electron chi connectivity index (χ1n) is 6.35. The standard InChI is InChI=1S/C13H23N3/c1-4-10-9-16(3)15-11(10)12(14)13(2)7-5-6-8-13/h9,12H,4-8,14H2,1-3H3/t12-/m0/s1. The molecule has 90 valence electrons. The van der Waals surface area contributed by atoms with Gasteiger partial charge in [0.1, 0.15) is 0 Å². The lowest BCUT2D eigenvalue weighted by Gasteiger charge is -2.30. The number of aromatic nitrogens is 2. The molecule has 3 heteroatoms. The normalized spacial score (nSPS) is 21.2. The molecule has 1 aromatic heterocycles. The maximum atomic E-state index is 6.45. The second kappa shape index (κ2) is 4.21. The molecule has 16 heavy (non-hydrogen) atoms. The summed E-state index contributed by atoms with van der Waals surface area (Å²) in [4.78, 5) is 0. The van der Waals surface area contributed by atoms with E-state index < -0.39 is 0 Å². The third-order valence-corrected chi connectivity index (χ3v) is 4.11. The van der Waals surface area contributed by atoms with Gasteiger partial charge in [-0.25, -0.2) is 0 Å². The van der Waals surface area contributed by atoms with E-state index in [4.69, 9.17) is 5.73 Å². The van der Waals surface area contributed by atoms with Crippen LogP contribution in [0.3, 0.4) is 0 Å². The predicted octanol–water partition coefficient (Wildman–Crippen LogP) is 2.56. The van der Waals surface area contributed by atoms with E-state index in [2.05, 4.69) is 25.1 Å². The topological polar surface area (TPSA) is 43.8 Å². The van der Waals surface area contributed by atoms with Gasteiger partial charge in [-0.2, -0.15) is 5.10 Å². The molecule has 1 fully saturated rings. The lowest BCUT2D eigenvalue weighted by atomic mass is 9.78. The predicted molar refractivity (Wildman–Crippen MR) is 66.1 cm³/mol. The molecule has 0 saturated heterocycles. The first-order chi connectivity index (χ1) is 7.57. The van der Waals surface area contributed by atoms with Gasteiger partial charge in [-0.3, -0.25) is 4.68 Å². The molecule has 1 atom stereocenters. The quantitative estimate of drug-likeness (QED) is 0.852. The van der Waals surface area contributed by atoms with Gasteiger partial charge in [0.25, 0.3) is 0 Å². The van der Waals surface area contributed by atoms with Crippen molar-refractivity contribution < 1.29 is 0 Å². The molecule has 1 aliphatic rings. The van der Waals surface area contributed by atoms with Crippen molar-refractivity contribution in [1.82, 2.24) is 9.78 Å². The van der Waals surface area contributed by atoms with Crippen molar-refractivity contribution in [3.63, 3.8) is 0 Å². The Balaban J connectivity index is 2.28. The summed E-state index contributed by atoms with van der Waals surface area (Å²) in [6.07, 6.45) is 8.25. The highest BCUT2D eigenvalue weighted by atomic mass is 15.3. The Morgan fingerprint density at radius 1 is 1.50 bits per heavy atom. The van der Waals surface area contributed by atoms with Gasteiger partial charge >= 0.3 is 0 Å². The van der Waals surface area contributed by atoms with Crippen LogP contribution in [0.2, 0.25) is 0 Å². The Labute approximate surface area is 98.0 Å². The van der Waals surface area contributed by atoms with Crippen LogP contribution in [0, 0.1) is 5.41 Å². The van der Waals surface area contributed by atoms with Crippen LogP contribution in [0.5, 0.6) is 0 Å². The highest BCUT2D eigenvalue weighted by Gasteiger charge is 2.37. The highest BCUT2D eigenvalue weighted by Crippen LogP contribution is 2.46.